The van der Waals surface area contributed by atoms with Crippen molar-refractivity contribution in [1.29, 1.82) is 0 Å². The van der Waals surface area contributed by atoms with Crippen LogP contribution in [-0.2, 0) is 28.4 Å². The van der Waals surface area contributed by atoms with Crippen LogP contribution in [0.15, 0.2) is 78.2 Å². The van der Waals surface area contributed by atoms with Gasteiger partial charge in [-0.05, 0) is 77.3 Å². The molecule has 0 bridgehead atoms. The number of alkyl carbamates (subject to hydrolysis) is 1. The van der Waals surface area contributed by atoms with Crippen LogP contribution in [0.4, 0.5) is 15.3 Å². The number of anilines is 1. The van der Waals surface area contributed by atoms with Crippen molar-refractivity contribution in [3.05, 3.63) is 78.9 Å². The molecule has 0 radical (unpaired) electrons. The number of benzene rings is 2. The first-order valence-corrected chi connectivity index (χ1v) is 19.1. The number of hydrogen-bond acceptors (Lipinski definition) is 8. The first-order chi connectivity index (χ1) is 25.2. The van der Waals surface area contributed by atoms with Crippen LogP contribution in [0.3, 0.4) is 0 Å². The Hall–Kier alpha value is -5.70. The SMILES string of the molecule is CC(C)n1ncc2cc(-c3c(-c4cnn(C)c4)n(S(=O)(=O)c4ccccc4)c4ncc5c(c34)N(C3CC(NC(=O)OC(C)(C)C)C3)C(=O)NC5)ccc21. The summed E-state index contributed by atoms with van der Waals surface area (Å²) in [4.78, 5) is 33.2. The summed E-state index contributed by atoms with van der Waals surface area (Å²) in [6.07, 6.45) is 7.30. The summed E-state index contributed by atoms with van der Waals surface area (Å²) in [7, 11) is -2.48. The topological polar surface area (TPSA) is 158 Å². The van der Waals surface area contributed by atoms with Crippen molar-refractivity contribution in [1.82, 2.24) is 39.2 Å². The molecule has 5 heterocycles. The van der Waals surface area contributed by atoms with Crippen molar-refractivity contribution in [2.75, 3.05) is 4.90 Å². The van der Waals surface area contributed by atoms with Crippen LogP contribution in [0.2, 0.25) is 0 Å². The maximum absolute atomic E-state index is 14.9. The van der Waals surface area contributed by atoms with Gasteiger partial charge in [0.2, 0.25) is 0 Å². The van der Waals surface area contributed by atoms with Gasteiger partial charge in [-0.3, -0.25) is 14.3 Å². The van der Waals surface area contributed by atoms with E-state index in [2.05, 4.69) is 34.7 Å². The third kappa shape index (κ3) is 5.88. The summed E-state index contributed by atoms with van der Waals surface area (Å²) in [5.41, 5.74) is 4.05. The van der Waals surface area contributed by atoms with Crippen molar-refractivity contribution in [2.24, 2.45) is 7.05 Å². The number of aromatic nitrogens is 6. The molecule has 2 aromatic carbocycles. The fourth-order valence-corrected chi connectivity index (χ4v) is 8.90. The number of rotatable bonds is 7. The number of urea groups is 1. The summed E-state index contributed by atoms with van der Waals surface area (Å²) < 4.78 is 40.1. The second kappa shape index (κ2) is 12.5. The van der Waals surface area contributed by atoms with Crippen LogP contribution in [0.5, 0.6) is 0 Å². The molecule has 274 valence electrons. The van der Waals surface area contributed by atoms with Gasteiger partial charge >= 0.3 is 12.1 Å². The minimum absolute atomic E-state index is 0.0893. The second-order valence-electron chi connectivity index (χ2n) is 15.0. The normalized spacial score (nSPS) is 17.6. The van der Waals surface area contributed by atoms with Gasteiger partial charge in [-0.1, -0.05) is 24.3 Å². The number of ether oxygens (including phenoxy) is 1. The number of nitrogens with zero attached hydrogens (tertiary/aromatic N) is 7. The molecule has 0 saturated heterocycles. The molecule has 4 aromatic heterocycles. The molecule has 2 aliphatic rings. The number of pyridine rings is 1. The lowest BCUT2D eigenvalue weighted by Gasteiger charge is -2.45. The molecule has 8 rings (SSSR count). The fourth-order valence-electron chi connectivity index (χ4n) is 7.38. The Balaban J connectivity index is 1.39. The van der Waals surface area contributed by atoms with Crippen LogP contribution >= 0.6 is 0 Å². The fraction of sp³-hybridized carbons (Fsp3) is 0.342. The molecular weight excluding hydrogens is 695 g/mol. The highest BCUT2D eigenvalue weighted by atomic mass is 32.2. The smallest absolute Gasteiger partial charge is 0.407 e. The molecule has 1 fully saturated rings. The summed E-state index contributed by atoms with van der Waals surface area (Å²) in [6.45, 7) is 9.75. The van der Waals surface area contributed by atoms with Crippen molar-refractivity contribution < 1.29 is 22.7 Å². The lowest BCUT2D eigenvalue weighted by atomic mass is 9.84. The molecule has 3 amide bonds. The van der Waals surface area contributed by atoms with Gasteiger partial charge < -0.3 is 15.4 Å². The zero-order chi connectivity index (χ0) is 37.4. The largest absolute Gasteiger partial charge is 0.444 e. The van der Waals surface area contributed by atoms with E-state index in [1.807, 2.05) is 29.1 Å². The zero-order valence-electron chi connectivity index (χ0n) is 30.4. The van der Waals surface area contributed by atoms with Crippen LogP contribution < -0.4 is 15.5 Å². The van der Waals surface area contributed by atoms with Gasteiger partial charge in [0.15, 0.2) is 5.65 Å². The van der Waals surface area contributed by atoms with Gasteiger partial charge in [-0.25, -0.2) is 27.0 Å². The Morgan fingerprint density at radius 2 is 1.77 bits per heavy atom. The maximum atomic E-state index is 14.9. The molecule has 53 heavy (non-hydrogen) atoms. The Morgan fingerprint density at radius 1 is 1.02 bits per heavy atom. The zero-order valence-corrected chi connectivity index (χ0v) is 31.2. The van der Waals surface area contributed by atoms with Gasteiger partial charge in [0.25, 0.3) is 10.0 Å². The van der Waals surface area contributed by atoms with E-state index in [1.165, 1.54) is 3.97 Å². The number of amides is 3. The van der Waals surface area contributed by atoms with Crippen LogP contribution in [-0.4, -0.2) is 66.7 Å². The van der Waals surface area contributed by atoms with Gasteiger partial charge in [0, 0.05) is 66.2 Å². The molecule has 6 aromatic rings. The highest BCUT2D eigenvalue weighted by molar-refractivity contribution is 7.90. The lowest BCUT2D eigenvalue weighted by molar-refractivity contribution is 0.0472. The van der Waals surface area contributed by atoms with Gasteiger partial charge in [-0.2, -0.15) is 10.2 Å². The van der Waals surface area contributed by atoms with Crippen LogP contribution in [0.25, 0.3) is 44.3 Å². The Labute approximate surface area is 306 Å². The van der Waals surface area contributed by atoms with E-state index in [0.29, 0.717) is 40.7 Å². The van der Waals surface area contributed by atoms with Gasteiger partial charge in [0.1, 0.15) is 5.60 Å². The lowest BCUT2D eigenvalue weighted by Crippen LogP contribution is -2.59. The number of fused-ring (bicyclic) bond motifs is 4. The van der Waals surface area contributed by atoms with E-state index < -0.39 is 21.7 Å². The molecular formula is C38H41N9O5S. The first-order valence-electron chi connectivity index (χ1n) is 17.6. The predicted molar refractivity (Wildman–Crippen MR) is 201 cm³/mol. The Bertz CT molecular complexity index is 2520. The predicted octanol–water partition coefficient (Wildman–Crippen LogP) is 6.36. The van der Waals surface area contributed by atoms with E-state index in [9.17, 15) is 18.0 Å². The monoisotopic (exact) mass is 735 g/mol. The number of aryl methyl sites for hydroxylation is 1. The average Bonchev–Trinajstić information content (AvgIpc) is 3.81. The summed E-state index contributed by atoms with van der Waals surface area (Å²) in [5.74, 6) is 0. The number of nitrogens with one attached hydrogen (secondary N) is 2. The van der Waals surface area contributed by atoms with Crippen molar-refractivity contribution in [2.45, 2.75) is 82.6 Å². The summed E-state index contributed by atoms with van der Waals surface area (Å²) in [5, 5.41) is 16.4. The Kier molecular flexibility index (Phi) is 8.09. The molecule has 0 atom stereocenters. The minimum atomic E-state index is -4.26. The van der Waals surface area contributed by atoms with Crippen LogP contribution in [0, 0.1) is 0 Å². The summed E-state index contributed by atoms with van der Waals surface area (Å²) >= 11 is 0. The number of carbonyl (C=O) groups is 2. The molecule has 14 nitrogen and oxygen atoms in total. The molecule has 1 saturated carbocycles. The third-order valence-electron chi connectivity index (χ3n) is 9.71. The maximum Gasteiger partial charge on any atom is 0.407 e. The Morgan fingerprint density at radius 3 is 2.45 bits per heavy atom. The van der Waals surface area contributed by atoms with Crippen LogP contribution in [0.1, 0.15) is 59.1 Å². The average molecular weight is 736 g/mol. The minimum Gasteiger partial charge on any atom is -0.444 e. The quantitative estimate of drug-likeness (QED) is 0.192. The molecule has 1 aliphatic carbocycles. The number of hydrogen-bond donors (Lipinski definition) is 2. The van der Waals surface area contributed by atoms with Crippen molar-refractivity contribution in [3.8, 4) is 22.4 Å². The molecule has 1 aliphatic heterocycles. The standard InChI is InChI=1S/C38H41N9O5S/c1-22(2)46-30-13-12-23(14-24(30)19-42-46)31-32-33-25(18-40-36(48)45(33)28-15-27(16-28)43-37(49)52-38(3,4)5)17-39-35(32)47(34(31)26-20-41-44(6)21-26)53(50,51)29-10-8-7-9-11-29/h7-14,17,19-22,27-28H,15-16,18H2,1-6H3,(H,40,48)(H,43,49). The van der Waals surface area contributed by atoms with E-state index in [4.69, 9.17) is 9.72 Å². The van der Waals surface area contributed by atoms with Gasteiger partial charge in [0.05, 0.1) is 39.6 Å². The van der Waals surface area contributed by atoms with E-state index in [0.717, 1.165) is 22.0 Å². The highest BCUT2D eigenvalue weighted by Gasteiger charge is 2.43. The number of carbonyl (C=O) groups excluding carboxylic acids is 2. The highest BCUT2D eigenvalue weighted by Crippen LogP contribution is 2.49. The third-order valence-corrected chi connectivity index (χ3v) is 11.4. The molecule has 0 unspecified atom stereocenters. The van der Waals surface area contributed by atoms with Gasteiger partial charge in [-0.15, -0.1) is 0 Å². The van der Waals surface area contributed by atoms with Crippen molar-refractivity contribution >= 4 is 49.8 Å². The summed E-state index contributed by atoms with van der Waals surface area (Å²) in [6, 6.07) is 13.5. The van der Waals surface area contributed by atoms with E-state index in [-0.39, 0.29) is 41.2 Å². The molecule has 2 N–H and O–H groups in total. The van der Waals surface area contributed by atoms with Crippen molar-refractivity contribution in [3.63, 3.8) is 0 Å². The molecule has 15 heteroatoms. The first kappa shape index (κ1) is 34.4. The van der Waals surface area contributed by atoms with E-state index in [1.54, 1.807) is 86.3 Å². The van der Waals surface area contributed by atoms with E-state index >= 15 is 0 Å². The molecule has 0 spiro atoms. The second-order valence-corrected chi connectivity index (χ2v) is 16.8.